The maximum atomic E-state index is 12.4. The maximum absolute atomic E-state index is 12.4. The van der Waals surface area contributed by atoms with Crippen LogP contribution in [0, 0.1) is 0 Å². The molecule has 27 heavy (non-hydrogen) atoms. The third kappa shape index (κ3) is 4.12. The van der Waals surface area contributed by atoms with Gasteiger partial charge in [0, 0.05) is 34.3 Å². The standard InChI is InChI=1S/C20H16ClN3O3/c21-13-1-3-14(4-2-13)24-20(25)17-11-16(7-8-22-17)23-15-5-6-18-19(12-15)27-10-9-26-18/h1-8,11-12H,9-10H2,(H,22,23)(H,24,25). The van der Waals surface area contributed by atoms with E-state index in [9.17, 15) is 4.79 Å². The van der Waals surface area contributed by atoms with Crippen molar-refractivity contribution < 1.29 is 14.3 Å². The van der Waals surface area contributed by atoms with Crippen LogP contribution in [0.1, 0.15) is 10.5 Å². The zero-order valence-electron chi connectivity index (χ0n) is 14.2. The Morgan fingerprint density at radius 3 is 2.41 bits per heavy atom. The topological polar surface area (TPSA) is 72.5 Å². The minimum Gasteiger partial charge on any atom is -0.486 e. The number of nitrogens with zero attached hydrogens (tertiary/aromatic N) is 1. The van der Waals surface area contributed by atoms with Gasteiger partial charge < -0.3 is 20.1 Å². The monoisotopic (exact) mass is 381 g/mol. The molecule has 1 aliphatic rings. The zero-order valence-corrected chi connectivity index (χ0v) is 15.0. The molecule has 0 radical (unpaired) electrons. The van der Waals surface area contributed by atoms with Crippen LogP contribution in [0.3, 0.4) is 0 Å². The highest BCUT2D eigenvalue weighted by Crippen LogP contribution is 2.33. The normalized spacial score (nSPS) is 12.3. The average Bonchev–Trinajstić information content (AvgIpc) is 2.70. The Hall–Kier alpha value is -3.25. The average molecular weight is 382 g/mol. The van der Waals surface area contributed by atoms with Gasteiger partial charge in [0.05, 0.1) is 0 Å². The van der Waals surface area contributed by atoms with E-state index in [-0.39, 0.29) is 5.91 Å². The van der Waals surface area contributed by atoms with Crippen molar-refractivity contribution in [3.8, 4) is 11.5 Å². The number of pyridine rings is 1. The highest BCUT2D eigenvalue weighted by Gasteiger charge is 2.13. The van der Waals surface area contributed by atoms with E-state index in [1.54, 1.807) is 42.6 Å². The first-order valence-electron chi connectivity index (χ1n) is 8.37. The lowest BCUT2D eigenvalue weighted by atomic mass is 10.2. The quantitative estimate of drug-likeness (QED) is 0.696. The summed E-state index contributed by atoms with van der Waals surface area (Å²) in [4.78, 5) is 16.6. The van der Waals surface area contributed by atoms with Crippen LogP contribution in [-0.4, -0.2) is 24.1 Å². The van der Waals surface area contributed by atoms with Crippen molar-refractivity contribution in [1.82, 2.24) is 4.98 Å². The predicted molar refractivity (Wildman–Crippen MR) is 104 cm³/mol. The van der Waals surface area contributed by atoms with E-state index in [1.807, 2.05) is 18.2 Å². The Bertz CT molecular complexity index is 976. The molecule has 6 nitrogen and oxygen atoms in total. The van der Waals surface area contributed by atoms with Crippen molar-refractivity contribution in [3.63, 3.8) is 0 Å². The fraction of sp³-hybridized carbons (Fsp3) is 0.100. The van der Waals surface area contributed by atoms with Crippen molar-refractivity contribution >= 4 is 34.6 Å². The van der Waals surface area contributed by atoms with Crippen LogP contribution in [0.2, 0.25) is 5.02 Å². The minimum absolute atomic E-state index is 0.299. The molecule has 0 aliphatic carbocycles. The third-order valence-electron chi connectivity index (χ3n) is 3.93. The first kappa shape index (κ1) is 17.2. The van der Waals surface area contributed by atoms with Gasteiger partial charge in [0.25, 0.3) is 5.91 Å². The summed E-state index contributed by atoms with van der Waals surface area (Å²) in [6.07, 6.45) is 1.58. The molecule has 0 spiro atoms. The van der Waals surface area contributed by atoms with E-state index < -0.39 is 0 Å². The smallest absolute Gasteiger partial charge is 0.274 e. The predicted octanol–water partition coefficient (Wildman–Crippen LogP) is 4.50. The van der Waals surface area contributed by atoms with Crippen LogP contribution < -0.4 is 20.1 Å². The molecule has 0 saturated heterocycles. The van der Waals surface area contributed by atoms with E-state index in [4.69, 9.17) is 21.1 Å². The second-order valence-electron chi connectivity index (χ2n) is 5.87. The summed E-state index contributed by atoms with van der Waals surface area (Å²) in [6, 6.07) is 16.0. The molecule has 1 amide bonds. The largest absolute Gasteiger partial charge is 0.486 e. The van der Waals surface area contributed by atoms with Crippen molar-refractivity contribution in [2.45, 2.75) is 0 Å². The third-order valence-corrected chi connectivity index (χ3v) is 4.18. The van der Waals surface area contributed by atoms with E-state index in [0.29, 0.717) is 35.4 Å². The summed E-state index contributed by atoms with van der Waals surface area (Å²) < 4.78 is 11.1. The summed E-state index contributed by atoms with van der Waals surface area (Å²) >= 11 is 5.86. The number of fused-ring (bicyclic) bond motifs is 1. The number of rotatable bonds is 4. The summed E-state index contributed by atoms with van der Waals surface area (Å²) in [6.45, 7) is 1.08. The molecular formula is C20H16ClN3O3. The summed E-state index contributed by atoms with van der Waals surface area (Å²) in [5, 5.41) is 6.65. The number of nitrogens with one attached hydrogen (secondary N) is 2. The summed E-state index contributed by atoms with van der Waals surface area (Å²) in [5.41, 5.74) is 2.52. The van der Waals surface area contributed by atoms with Crippen molar-refractivity contribution in [2.75, 3.05) is 23.8 Å². The Balaban J connectivity index is 1.48. The molecule has 2 heterocycles. The summed E-state index contributed by atoms with van der Waals surface area (Å²) in [7, 11) is 0. The van der Waals surface area contributed by atoms with Crippen LogP contribution in [0.5, 0.6) is 11.5 Å². The number of halogens is 1. The molecule has 2 N–H and O–H groups in total. The van der Waals surface area contributed by atoms with E-state index >= 15 is 0 Å². The van der Waals surface area contributed by atoms with Gasteiger partial charge in [0.2, 0.25) is 0 Å². The number of amides is 1. The van der Waals surface area contributed by atoms with Crippen molar-refractivity contribution in [2.24, 2.45) is 0 Å². The van der Waals surface area contributed by atoms with Gasteiger partial charge in [-0.2, -0.15) is 0 Å². The molecular weight excluding hydrogens is 366 g/mol. The SMILES string of the molecule is O=C(Nc1ccc(Cl)cc1)c1cc(Nc2ccc3c(c2)OCCO3)ccn1. The van der Waals surface area contributed by atoms with Crippen LogP contribution in [-0.2, 0) is 0 Å². The molecule has 0 atom stereocenters. The van der Waals surface area contributed by atoms with Gasteiger partial charge in [-0.15, -0.1) is 0 Å². The highest BCUT2D eigenvalue weighted by atomic mass is 35.5. The number of ether oxygens (including phenoxy) is 2. The fourth-order valence-corrected chi connectivity index (χ4v) is 2.77. The van der Waals surface area contributed by atoms with Crippen LogP contribution >= 0.6 is 11.6 Å². The number of anilines is 3. The molecule has 0 unspecified atom stereocenters. The summed E-state index contributed by atoms with van der Waals surface area (Å²) in [5.74, 6) is 1.12. The fourth-order valence-electron chi connectivity index (χ4n) is 2.65. The zero-order chi connectivity index (χ0) is 18.6. The lowest BCUT2D eigenvalue weighted by Crippen LogP contribution is -2.15. The van der Waals surface area contributed by atoms with Crippen LogP contribution in [0.4, 0.5) is 17.1 Å². The lowest BCUT2D eigenvalue weighted by molar-refractivity contribution is 0.102. The Morgan fingerprint density at radius 2 is 1.59 bits per heavy atom. The number of carbonyl (C=O) groups is 1. The van der Waals surface area contributed by atoms with Gasteiger partial charge in [-0.05, 0) is 48.5 Å². The number of aromatic nitrogens is 1. The van der Waals surface area contributed by atoms with Crippen molar-refractivity contribution in [3.05, 3.63) is 71.5 Å². The van der Waals surface area contributed by atoms with E-state index in [1.165, 1.54) is 0 Å². The Kier molecular flexibility index (Phi) is 4.80. The number of benzene rings is 2. The lowest BCUT2D eigenvalue weighted by Gasteiger charge is -2.19. The molecule has 136 valence electrons. The van der Waals surface area contributed by atoms with Crippen LogP contribution in [0.25, 0.3) is 0 Å². The van der Waals surface area contributed by atoms with Gasteiger partial charge >= 0.3 is 0 Å². The van der Waals surface area contributed by atoms with Crippen molar-refractivity contribution in [1.29, 1.82) is 0 Å². The molecule has 7 heteroatoms. The first-order valence-corrected chi connectivity index (χ1v) is 8.75. The molecule has 0 fully saturated rings. The molecule has 0 saturated carbocycles. The van der Waals surface area contributed by atoms with E-state index in [2.05, 4.69) is 15.6 Å². The molecule has 4 rings (SSSR count). The highest BCUT2D eigenvalue weighted by molar-refractivity contribution is 6.30. The molecule has 1 aliphatic heterocycles. The molecule has 2 aromatic carbocycles. The van der Waals surface area contributed by atoms with Gasteiger partial charge in [-0.3, -0.25) is 9.78 Å². The van der Waals surface area contributed by atoms with Gasteiger partial charge in [0.1, 0.15) is 18.9 Å². The molecule has 1 aromatic heterocycles. The van der Waals surface area contributed by atoms with Gasteiger partial charge in [0.15, 0.2) is 11.5 Å². The van der Waals surface area contributed by atoms with Gasteiger partial charge in [-0.1, -0.05) is 11.6 Å². The first-order chi connectivity index (χ1) is 13.2. The Morgan fingerprint density at radius 1 is 0.889 bits per heavy atom. The number of carbonyl (C=O) groups excluding carboxylic acids is 1. The van der Waals surface area contributed by atoms with E-state index in [0.717, 1.165) is 17.1 Å². The van der Waals surface area contributed by atoms with Crippen LogP contribution in [0.15, 0.2) is 60.8 Å². The van der Waals surface area contributed by atoms with Gasteiger partial charge in [-0.25, -0.2) is 0 Å². The molecule has 0 bridgehead atoms. The molecule has 3 aromatic rings. The second kappa shape index (κ2) is 7.55. The maximum Gasteiger partial charge on any atom is 0.274 e. The Labute approximate surface area is 161 Å². The second-order valence-corrected chi connectivity index (χ2v) is 6.31. The number of hydrogen-bond donors (Lipinski definition) is 2. The number of hydrogen-bond acceptors (Lipinski definition) is 5. The minimum atomic E-state index is -0.303.